The van der Waals surface area contributed by atoms with E-state index in [0.29, 0.717) is 12.3 Å². The molecule has 1 atom stereocenters. The zero-order chi connectivity index (χ0) is 13.8. The predicted molar refractivity (Wildman–Crippen MR) is 71.8 cm³/mol. The maximum Gasteiger partial charge on any atom is 0.162 e. The first-order chi connectivity index (χ1) is 8.40. The number of phenolic OH excluding ortho intramolecular Hbond substituents is 1. The van der Waals surface area contributed by atoms with Crippen LogP contribution in [-0.2, 0) is 6.54 Å². The van der Waals surface area contributed by atoms with Gasteiger partial charge in [-0.3, -0.25) is 0 Å². The lowest BCUT2D eigenvalue weighted by Crippen LogP contribution is -2.42. The van der Waals surface area contributed by atoms with Crippen LogP contribution in [0.3, 0.4) is 0 Å². The highest BCUT2D eigenvalue weighted by molar-refractivity contribution is 5.45. The zero-order valence-electron chi connectivity index (χ0n) is 11.5. The minimum Gasteiger partial charge on any atom is -0.504 e. The molecule has 0 spiro atoms. The molecule has 3 N–H and O–H groups in total. The Morgan fingerprint density at radius 3 is 2.50 bits per heavy atom. The van der Waals surface area contributed by atoms with Gasteiger partial charge in [0.15, 0.2) is 11.5 Å². The molecule has 18 heavy (non-hydrogen) atoms. The van der Waals surface area contributed by atoms with Gasteiger partial charge in [0.2, 0.25) is 0 Å². The Labute approximate surface area is 109 Å². The van der Waals surface area contributed by atoms with Crippen molar-refractivity contribution in [3.63, 3.8) is 0 Å². The third-order valence-corrected chi connectivity index (χ3v) is 3.07. The van der Waals surface area contributed by atoms with Crippen LogP contribution in [0, 0.1) is 5.41 Å². The van der Waals surface area contributed by atoms with Gasteiger partial charge < -0.3 is 20.3 Å². The first kappa shape index (κ1) is 14.8. The molecule has 4 nitrogen and oxygen atoms in total. The van der Waals surface area contributed by atoms with Gasteiger partial charge >= 0.3 is 0 Å². The minimum atomic E-state index is -0.0385. The van der Waals surface area contributed by atoms with Gasteiger partial charge in [0.1, 0.15) is 0 Å². The van der Waals surface area contributed by atoms with Gasteiger partial charge in [-0.05, 0) is 11.5 Å². The van der Waals surface area contributed by atoms with Gasteiger partial charge in [0, 0.05) is 18.2 Å². The number of aliphatic hydroxyl groups excluding tert-OH is 1. The average molecular weight is 253 g/mol. The van der Waals surface area contributed by atoms with Crippen LogP contribution in [0.2, 0.25) is 0 Å². The minimum absolute atomic E-state index is 0.0249. The second kappa shape index (κ2) is 6.07. The molecule has 0 bridgehead atoms. The summed E-state index contributed by atoms with van der Waals surface area (Å²) in [4.78, 5) is 0. The smallest absolute Gasteiger partial charge is 0.162 e. The SMILES string of the molecule is COc1cccc(CNC(CO)C(C)(C)C)c1O. The highest BCUT2D eigenvalue weighted by Crippen LogP contribution is 2.29. The van der Waals surface area contributed by atoms with Crippen molar-refractivity contribution < 1.29 is 14.9 Å². The second-order valence-electron chi connectivity index (χ2n) is 5.45. The van der Waals surface area contributed by atoms with E-state index in [1.54, 1.807) is 6.07 Å². The molecule has 0 saturated heterocycles. The summed E-state index contributed by atoms with van der Waals surface area (Å²) in [6.45, 7) is 6.74. The molecule has 0 radical (unpaired) electrons. The van der Waals surface area contributed by atoms with Gasteiger partial charge in [-0.25, -0.2) is 0 Å². The summed E-state index contributed by atoms with van der Waals surface area (Å²) < 4.78 is 5.06. The normalized spacial score (nSPS) is 13.4. The highest BCUT2D eigenvalue weighted by atomic mass is 16.5. The van der Waals surface area contributed by atoms with Crippen molar-refractivity contribution in [2.24, 2.45) is 5.41 Å². The lowest BCUT2D eigenvalue weighted by atomic mass is 9.87. The van der Waals surface area contributed by atoms with Gasteiger partial charge in [0.25, 0.3) is 0 Å². The number of phenols is 1. The Kier molecular flexibility index (Phi) is 4.99. The number of nitrogens with one attached hydrogen (secondary N) is 1. The Balaban J connectivity index is 2.74. The molecule has 1 aromatic carbocycles. The van der Waals surface area contributed by atoms with E-state index in [4.69, 9.17) is 4.74 Å². The Hall–Kier alpha value is -1.26. The fraction of sp³-hybridized carbons (Fsp3) is 0.571. The standard InChI is InChI=1S/C14H23NO3/c1-14(2,3)12(9-16)15-8-10-6-5-7-11(18-4)13(10)17/h5-7,12,15-17H,8-9H2,1-4H3. The molecule has 0 amide bonds. The number of hydrogen-bond acceptors (Lipinski definition) is 4. The fourth-order valence-corrected chi connectivity index (χ4v) is 1.75. The molecule has 1 aromatic rings. The molecule has 4 heteroatoms. The Bertz CT molecular complexity index is 385. The summed E-state index contributed by atoms with van der Waals surface area (Å²) in [7, 11) is 1.53. The van der Waals surface area contributed by atoms with Crippen LogP contribution < -0.4 is 10.1 Å². The van der Waals surface area contributed by atoms with E-state index in [0.717, 1.165) is 5.56 Å². The topological polar surface area (TPSA) is 61.7 Å². The molecule has 1 unspecified atom stereocenters. The second-order valence-corrected chi connectivity index (χ2v) is 5.45. The van der Waals surface area contributed by atoms with Gasteiger partial charge in [-0.1, -0.05) is 32.9 Å². The lowest BCUT2D eigenvalue weighted by molar-refractivity contribution is 0.157. The van der Waals surface area contributed by atoms with Crippen molar-refractivity contribution in [1.29, 1.82) is 0 Å². The number of methoxy groups -OCH3 is 1. The number of aromatic hydroxyl groups is 1. The molecule has 0 aliphatic heterocycles. The molecule has 102 valence electrons. The summed E-state index contributed by atoms with van der Waals surface area (Å²) >= 11 is 0. The molecule has 0 heterocycles. The Morgan fingerprint density at radius 2 is 2.00 bits per heavy atom. The first-order valence-corrected chi connectivity index (χ1v) is 6.09. The number of benzene rings is 1. The molecule has 0 fully saturated rings. The van der Waals surface area contributed by atoms with E-state index in [-0.39, 0.29) is 23.8 Å². The van der Waals surface area contributed by atoms with Gasteiger partial charge in [0.05, 0.1) is 13.7 Å². The number of aliphatic hydroxyl groups is 1. The van der Waals surface area contributed by atoms with Crippen LogP contribution in [0.15, 0.2) is 18.2 Å². The van der Waals surface area contributed by atoms with E-state index >= 15 is 0 Å². The van der Waals surface area contributed by atoms with E-state index in [9.17, 15) is 10.2 Å². The average Bonchev–Trinajstić information content (AvgIpc) is 2.30. The number of para-hydroxylation sites is 1. The largest absolute Gasteiger partial charge is 0.504 e. The summed E-state index contributed by atoms with van der Waals surface area (Å²) in [5.41, 5.74) is 0.723. The van der Waals surface area contributed by atoms with E-state index in [1.165, 1.54) is 7.11 Å². The van der Waals surface area contributed by atoms with Gasteiger partial charge in [-0.2, -0.15) is 0 Å². The summed E-state index contributed by atoms with van der Waals surface area (Å²) in [5.74, 6) is 0.615. The van der Waals surface area contributed by atoms with E-state index in [1.807, 2.05) is 12.1 Å². The zero-order valence-corrected chi connectivity index (χ0v) is 11.5. The highest BCUT2D eigenvalue weighted by Gasteiger charge is 2.23. The van der Waals surface area contributed by atoms with E-state index in [2.05, 4.69) is 26.1 Å². The quantitative estimate of drug-likeness (QED) is 0.750. The molecule has 0 aliphatic carbocycles. The monoisotopic (exact) mass is 253 g/mol. The van der Waals surface area contributed by atoms with Gasteiger partial charge in [-0.15, -0.1) is 0 Å². The molecule has 0 aliphatic rings. The summed E-state index contributed by atoms with van der Waals surface area (Å²) in [6, 6.07) is 5.36. The number of ether oxygens (including phenoxy) is 1. The third kappa shape index (κ3) is 3.62. The molecule has 1 rings (SSSR count). The third-order valence-electron chi connectivity index (χ3n) is 3.07. The van der Waals surface area contributed by atoms with Crippen LogP contribution in [0.1, 0.15) is 26.3 Å². The van der Waals surface area contributed by atoms with Crippen molar-refractivity contribution in [2.45, 2.75) is 33.4 Å². The Morgan fingerprint density at radius 1 is 1.33 bits per heavy atom. The molecular formula is C14H23NO3. The van der Waals surface area contributed by atoms with Crippen molar-refractivity contribution in [3.8, 4) is 11.5 Å². The van der Waals surface area contributed by atoms with Crippen LogP contribution in [-0.4, -0.2) is 30.0 Å². The van der Waals surface area contributed by atoms with Crippen LogP contribution in [0.5, 0.6) is 11.5 Å². The summed E-state index contributed by atoms with van der Waals surface area (Å²) in [5, 5.41) is 22.6. The molecular weight excluding hydrogens is 230 g/mol. The first-order valence-electron chi connectivity index (χ1n) is 6.09. The molecule has 0 aromatic heterocycles. The van der Waals surface area contributed by atoms with Crippen LogP contribution in [0.4, 0.5) is 0 Å². The van der Waals surface area contributed by atoms with Crippen molar-refractivity contribution in [2.75, 3.05) is 13.7 Å². The van der Waals surface area contributed by atoms with Crippen molar-refractivity contribution in [3.05, 3.63) is 23.8 Å². The van der Waals surface area contributed by atoms with Crippen LogP contribution in [0.25, 0.3) is 0 Å². The van der Waals surface area contributed by atoms with Crippen LogP contribution >= 0.6 is 0 Å². The molecule has 0 saturated carbocycles. The summed E-state index contributed by atoms with van der Waals surface area (Å²) in [6.07, 6.45) is 0. The lowest BCUT2D eigenvalue weighted by Gasteiger charge is -2.30. The fourth-order valence-electron chi connectivity index (χ4n) is 1.75. The van der Waals surface area contributed by atoms with Crippen molar-refractivity contribution >= 4 is 0 Å². The number of rotatable bonds is 5. The predicted octanol–water partition coefficient (Wildman–Crippen LogP) is 1.90. The number of hydrogen-bond donors (Lipinski definition) is 3. The maximum atomic E-state index is 9.95. The van der Waals surface area contributed by atoms with E-state index < -0.39 is 0 Å². The van der Waals surface area contributed by atoms with Crippen molar-refractivity contribution in [1.82, 2.24) is 5.32 Å². The maximum absolute atomic E-state index is 9.95.